The third-order valence-corrected chi connectivity index (χ3v) is 11.8. The van der Waals surface area contributed by atoms with Crippen molar-refractivity contribution in [1.29, 1.82) is 0 Å². The van der Waals surface area contributed by atoms with Gasteiger partial charge in [-0.25, -0.2) is 0 Å². The molecule has 0 aromatic heterocycles. The second kappa shape index (κ2) is 9.92. The van der Waals surface area contributed by atoms with Crippen LogP contribution in [0.5, 0.6) is 0 Å². The Bertz CT molecular complexity index is 536. The lowest BCUT2D eigenvalue weighted by Gasteiger charge is -2.53. The number of rotatable bonds is 11. The first-order chi connectivity index (χ1) is 13.4. The van der Waals surface area contributed by atoms with Gasteiger partial charge in [-0.1, -0.05) is 32.9 Å². The van der Waals surface area contributed by atoms with Crippen LogP contribution in [0.2, 0.25) is 18.1 Å². The van der Waals surface area contributed by atoms with E-state index >= 15 is 0 Å². The van der Waals surface area contributed by atoms with Gasteiger partial charge >= 0.3 is 0 Å². The molecule has 2 fully saturated rings. The van der Waals surface area contributed by atoms with Crippen molar-refractivity contribution in [3.05, 3.63) is 12.2 Å². The average molecular weight is 429 g/mol. The molecule has 0 aromatic rings. The van der Waals surface area contributed by atoms with Crippen LogP contribution in [0, 0.1) is 11.3 Å². The van der Waals surface area contributed by atoms with Crippen LogP contribution in [0.4, 0.5) is 0 Å². The molecule has 29 heavy (non-hydrogen) atoms. The van der Waals surface area contributed by atoms with E-state index in [0.29, 0.717) is 32.5 Å². The summed E-state index contributed by atoms with van der Waals surface area (Å²) < 4.78 is 29.0. The zero-order valence-electron chi connectivity index (χ0n) is 20.0. The minimum Gasteiger partial charge on any atom is -0.414 e. The SMILES string of the molecule is COCOCC[C@@]1(/C=C/CC2(C)OCCO2)CC[C@H]1C(C)O[Si](C)(C)C(C)(C)C. The zero-order valence-corrected chi connectivity index (χ0v) is 21.0. The Labute approximate surface area is 179 Å². The van der Waals surface area contributed by atoms with Gasteiger partial charge in [-0.2, -0.15) is 0 Å². The fourth-order valence-electron chi connectivity index (χ4n) is 4.30. The van der Waals surface area contributed by atoms with Gasteiger partial charge in [0.25, 0.3) is 0 Å². The zero-order chi connectivity index (χ0) is 21.8. The van der Waals surface area contributed by atoms with E-state index in [9.17, 15) is 0 Å². The molecule has 0 amide bonds. The third-order valence-electron chi connectivity index (χ3n) is 7.26. The van der Waals surface area contributed by atoms with Gasteiger partial charge in [-0.05, 0) is 62.6 Å². The summed E-state index contributed by atoms with van der Waals surface area (Å²) in [6.45, 7) is 18.3. The van der Waals surface area contributed by atoms with Crippen LogP contribution in [0.25, 0.3) is 0 Å². The smallest absolute Gasteiger partial charge is 0.192 e. The summed E-state index contributed by atoms with van der Waals surface area (Å²) in [6, 6.07) is 0. The molecule has 6 heteroatoms. The predicted octanol–water partition coefficient (Wildman–Crippen LogP) is 5.51. The van der Waals surface area contributed by atoms with E-state index < -0.39 is 14.1 Å². The van der Waals surface area contributed by atoms with Gasteiger partial charge in [0.1, 0.15) is 6.79 Å². The van der Waals surface area contributed by atoms with E-state index in [-0.39, 0.29) is 16.6 Å². The number of hydrogen-bond acceptors (Lipinski definition) is 5. The van der Waals surface area contributed by atoms with Gasteiger partial charge in [0.2, 0.25) is 0 Å². The molecular weight excluding hydrogens is 384 g/mol. The summed E-state index contributed by atoms with van der Waals surface area (Å²) in [5.74, 6) is 0.0319. The first kappa shape index (κ1) is 25.0. The molecule has 1 saturated heterocycles. The molecule has 5 nitrogen and oxygen atoms in total. The maximum absolute atomic E-state index is 6.78. The van der Waals surface area contributed by atoms with Gasteiger partial charge in [0.15, 0.2) is 14.1 Å². The van der Waals surface area contributed by atoms with Gasteiger partial charge in [-0.15, -0.1) is 0 Å². The highest BCUT2D eigenvalue weighted by Crippen LogP contribution is 2.54. The van der Waals surface area contributed by atoms with E-state index in [1.165, 1.54) is 12.8 Å². The van der Waals surface area contributed by atoms with Crippen molar-refractivity contribution in [1.82, 2.24) is 0 Å². The molecule has 0 radical (unpaired) electrons. The first-order valence-electron chi connectivity index (χ1n) is 11.1. The quantitative estimate of drug-likeness (QED) is 0.188. The fourth-order valence-corrected chi connectivity index (χ4v) is 5.74. The van der Waals surface area contributed by atoms with Gasteiger partial charge in [0.05, 0.1) is 19.8 Å². The van der Waals surface area contributed by atoms with Crippen LogP contribution in [-0.4, -0.2) is 53.9 Å². The van der Waals surface area contributed by atoms with E-state index in [0.717, 1.165) is 12.8 Å². The normalized spacial score (nSPS) is 28.6. The van der Waals surface area contributed by atoms with Crippen molar-refractivity contribution in [3.63, 3.8) is 0 Å². The Morgan fingerprint density at radius 3 is 2.38 bits per heavy atom. The monoisotopic (exact) mass is 428 g/mol. The Hall–Kier alpha value is -0.243. The Kier molecular flexibility index (Phi) is 8.56. The van der Waals surface area contributed by atoms with Crippen LogP contribution in [0.3, 0.4) is 0 Å². The van der Waals surface area contributed by atoms with Crippen LogP contribution in [0.1, 0.15) is 60.3 Å². The van der Waals surface area contributed by atoms with Crippen LogP contribution < -0.4 is 0 Å². The van der Waals surface area contributed by atoms with E-state index in [1.54, 1.807) is 7.11 Å². The molecule has 2 aliphatic rings. The molecule has 0 N–H and O–H groups in total. The summed E-state index contributed by atoms with van der Waals surface area (Å²) >= 11 is 0. The average Bonchev–Trinajstić information content (AvgIpc) is 3.01. The highest BCUT2D eigenvalue weighted by molar-refractivity contribution is 6.74. The first-order valence-corrected chi connectivity index (χ1v) is 14.1. The van der Waals surface area contributed by atoms with Crippen LogP contribution in [-0.2, 0) is 23.4 Å². The number of hydrogen-bond donors (Lipinski definition) is 0. The van der Waals surface area contributed by atoms with E-state index in [1.807, 2.05) is 6.92 Å². The van der Waals surface area contributed by atoms with Crippen molar-refractivity contribution in [3.8, 4) is 0 Å². The lowest BCUT2D eigenvalue weighted by molar-refractivity contribution is -0.138. The molecule has 0 bridgehead atoms. The Morgan fingerprint density at radius 1 is 1.21 bits per heavy atom. The van der Waals surface area contributed by atoms with E-state index in [4.69, 9.17) is 23.4 Å². The summed E-state index contributed by atoms with van der Waals surface area (Å²) in [6.07, 6.45) is 9.04. The summed E-state index contributed by atoms with van der Waals surface area (Å²) in [5.41, 5.74) is 0.116. The maximum atomic E-state index is 6.78. The van der Waals surface area contributed by atoms with Gasteiger partial charge in [0, 0.05) is 19.6 Å². The predicted molar refractivity (Wildman–Crippen MR) is 119 cm³/mol. The summed E-state index contributed by atoms with van der Waals surface area (Å²) in [4.78, 5) is 0. The second-order valence-corrected chi connectivity index (χ2v) is 15.2. The van der Waals surface area contributed by atoms with Crippen molar-refractivity contribution >= 4 is 8.32 Å². The number of ether oxygens (including phenoxy) is 4. The molecule has 2 rings (SSSR count). The lowest BCUT2D eigenvalue weighted by Crippen LogP contribution is -2.51. The van der Waals surface area contributed by atoms with Crippen molar-refractivity contribution < 1.29 is 23.4 Å². The standard InChI is InChI=1S/C23H44O5Si/c1-19(28-29(7,8)21(2,3)4)20-10-13-23(20,14-15-25-18-24-6)12-9-11-22(5)26-16-17-27-22/h9,12,19-20H,10-11,13-18H2,1-8H3/b12-9+/t19?,20-,23+/m0/s1. The summed E-state index contributed by atoms with van der Waals surface area (Å²) in [5, 5.41) is 0.219. The Balaban J connectivity index is 2.07. The highest BCUT2D eigenvalue weighted by atomic mass is 28.4. The van der Waals surface area contributed by atoms with Gasteiger partial charge in [-0.3, -0.25) is 0 Å². The maximum Gasteiger partial charge on any atom is 0.192 e. The molecule has 1 aliphatic carbocycles. The molecule has 0 aromatic carbocycles. The molecule has 3 atom stereocenters. The van der Waals surface area contributed by atoms with Crippen molar-refractivity contribution in [2.45, 2.75) is 90.3 Å². The topological polar surface area (TPSA) is 46.2 Å². The summed E-state index contributed by atoms with van der Waals surface area (Å²) in [7, 11) is -0.133. The molecule has 1 heterocycles. The van der Waals surface area contributed by atoms with Crippen molar-refractivity contribution in [2.24, 2.45) is 11.3 Å². The molecule has 1 unspecified atom stereocenters. The molecule has 1 aliphatic heterocycles. The Morgan fingerprint density at radius 2 is 1.86 bits per heavy atom. The number of methoxy groups -OCH3 is 1. The van der Waals surface area contributed by atoms with E-state index in [2.05, 4.69) is 52.9 Å². The highest BCUT2D eigenvalue weighted by Gasteiger charge is 2.49. The third kappa shape index (κ3) is 6.37. The largest absolute Gasteiger partial charge is 0.414 e. The van der Waals surface area contributed by atoms with Crippen LogP contribution >= 0.6 is 0 Å². The lowest BCUT2D eigenvalue weighted by atomic mass is 9.56. The molecule has 0 spiro atoms. The fraction of sp³-hybridized carbons (Fsp3) is 0.913. The molecular formula is C23H44O5Si. The van der Waals surface area contributed by atoms with Crippen molar-refractivity contribution in [2.75, 3.05) is 33.7 Å². The van der Waals surface area contributed by atoms with Gasteiger partial charge < -0.3 is 23.4 Å². The van der Waals surface area contributed by atoms with Crippen LogP contribution in [0.15, 0.2) is 12.2 Å². The second-order valence-electron chi connectivity index (χ2n) is 10.5. The molecule has 1 saturated carbocycles. The number of allylic oxidation sites excluding steroid dienone is 1. The minimum absolute atomic E-state index is 0.116. The molecule has 170 valence electrons. The minimum atomic E-state index is -1.80.